The average molecular weight is 506 g/mol. The first-order chi connectivity index (χ1) is 16.3. The molecule has 0 aliphatic heterocycles. The summed E-state index contributed by atoms with van der Waals surface area (Å²) in [6.07, 6.45) is 3.03. The van der Waals surface area contributed by atoms with Crippen molar-refractivity contribution >= 4 is 44.7 Å². The topological polar surface area (TPSA) is 152 Å². The van der Waals surface area contributed by atoms with E-state index in [-0.39, 0.29) is 22.9 Å². The molecule has 0 amide bonds. The third-order valence-electron chi connectivity index (χ3n) is 6.29. The van der Waals surface area contributed by atoms with Gasteiger partial charge in [-0.25, -0.2) is 8.42 Å². The van der Waals surface area contributed by atoms with Crippen molar-refractivity contribution in [2.45, 2.75) is 56.5 Å². The summed E-state index contributed by atoms with van der Waals surface area (Å²) in [6.45, 7) is 5.35. The molecule has 3 aromatic rings. The van der Waals surface area contributed by atoms with Crippen molar-refractivity contribution in [3.8, 4) is 0 Å². The molecule has 4 N–H and O–H groups in total. The summed E-state index contributed by atoms with van der Waals surface area (Å²) in [6, 6.07) is 4.46. The number of aromatic nitrogens is 5. The second-order valence-electron chi connectivity index (χ2n) is 8.43. The van der Waals surface area contributed by atoms with Gasteiger partial charge in [-0.15, -0.1) is 0 Å². The molecule has 1 atom stereocenters. The van der Waals surface area contributed by atoms with Gasteiger partial charge in [0, 0.05) is 26.2 Å². The number of benzene rings is 1. The van der Waals surface area contributed by atoms with Gasteiger partial charge >= 0.3 is 0 Å². The molecular weight excluding hydrogens is 474 g/mol. The van der Waals surface area contributed by atoms with E-state index in [9.17, 15) is 8.42 Å². The summed E-state index contributed by atoms with van der Waals surface area (Å²) in [7, 11) is -1.98. The molecule has 1 aliphatic rings. The van der Waals surface area contributed by atoms with Crippen molar-refractivity contribution in [2.75, 3.05) is 30.8 Å². The fraction of sp³-hybridized carbons (Fsp3) is 0.571. The van der Waals surface area contributed by atoms with Crippen LogP contribution in [-0.4, -0.2) is 62.6 Å². The summed E-state index contributed by atoms with van der Waals surface area (Å²) in [5.74, 6) is 1.73. The third-order valence-corrected chi connectivity index (χ3v) is 8.75. The molecule has 4 rings (SSSR count). The Balaban J connectivity index is 1.44. The van der Waals surface area contributed by atoms with Gasteiger partial charge in [-0.05, 0) is 63.6 Å². The van der Waals surface area contributed by atoms with Crippen molar-refractivity contribution in [1.82, 2.24) is 28.0 Å². The van der Waals surface area contributed by atoms with Crippen LogP contribution in [0.2, 0.25) is 0 Å². The SMILES string of the molecule is CCNc1nc(NCC)nc(C(N)C2CCC(N(C)S(=O)(=O)c3ccc4nsnc4c3)CC2)n1. The third kappa shape index (κ3) is 5.11. The maximum atomic E-state index is 13.2. The Hall–Kier alpha value is -2.48. The zero-order chi connectivity index (χ0) is 24.3. The van der Waals surface area contributed by atoms with Crippen molar-refractivity contribution < 1.29 is 8.42 Å². The number of nitrogens with two attached hydrogens (primary N) is 1. The number of sulfonamides is 1. The molecule has 1 aromatic carbocycles. The lowest BCUT2D eigenvalue weighted by Crippen LogP contribution is -2.41. The summed E-state index contributed by atoms with van der Waals surface area (Å²) in [5, 5.41) is 6.26. The minimum atomic E-state index is -3.63. The molecule has 1 aliphatic carbocycles. The summed E-state index contributed by atoms with van der Waals surface area (Å²) < 4.78 is 36.3. The zero-order valence-electron chi connectivity index (χ0n) is 19.6. The summed E-state index contributed by atoms with van der Waals surface area (Å²) in [4.78, 5) is 13.6. The maximum absolute atomic E-state index is 13.2. The first kappa shape index (κ1) is 24.6. The van der Waals surface area contributed by atoms with Gasteiger partial charge in [-0.2, -0.15) is 28.0 Å². The van der Waals surface area contributed by atoms with E-state index in [0.717, 1.165) is 37.4 Å². The highest BCUT2D eigenvalue weighted by Crippen LogP contribution is 2.35. The van der Waals surface area contributed by atoms with Crippen LogP contribution in [0.1, 0.15) is 51.4 Å². The molecule has 1 fully saturated rings. The van der Waals surface area contributed by atoms with Crippen LogP contribution in [0.4, 0.5) is 11.9 Å². The molecule has 13 heteroatoms. The molecule has 1 unspecified atom stereocenters. The number of nitrogens with zero attached hydrogens (tertiary/aromatic N) is 6. The number of rotatable bonds is 9. The largest absolute Gasteiger partial charge is 0.354 e. The minimum Gasteiger partial charge on any atom is -0.354 e. The van der Waals surface area contributed by atoms with Crippen LogP contribution in [0.3, 0.4) is 0 Å². The number of hydrogen-bond donors (Lipinski definition) is 3. The second-order valence-corrected chi connectivity index (χ2v) is 11.0. The zero-order valence-corrected chi connectivity index (χ0v) is 21.2. The van der Waals surface area contributed by atoms with E-state index in [1.165, 1.54) is 4.31 Å². The van der Waals surface area contributed by atoms with Crippen LogP contribution in [0.15, 0.2) is 23.1 Å². The van der Waals surface area contributed by atoms with Crippen molar-refractivity contribution in [3.05, 3.63) is 24.0 Å². The molecule has 34 heavy (non-hydrogen) atoms. The Kier molecular flexibility index (Phi) is 7.55. The monoisotopic (exact) mass is 505 g/mol. The van der Waals surface area contributed by atoms with E-state index in [4.69, 9.17) is 5.73 Å². The lowest BCUT2D eigenvalue weighted by Gasteiger charge is -2.35. The van der Waals surface area contributed by atoms with E-state index < -0.39 is 10.0 Å². The summed E-state index contributed by atoms with van der Waals surface area (Å²) >= 11 is 1.07. The van der Waals surface area contributed by atoms with Gasteiger partial charge in [0.1, 0.15) is 11.0 Å². The lowest BCUT2D eigenvalue weighted by molar-refractivity contribution is 0.213. The highest BCUT2D eigenvalue weighted by molar-refractivity contribution is 7.89. The fourth-order valence-electron chi connectivity index (χ4n) is 4.34. The van der Waals surface area contributed by atoms with E-state index in [1.807, 2.05) is 13.8 Å². The molecule has 2 aromatic heterocycles. The Morgan fingerprint density at radius 3 is 2.26 bits per heavy atom. The smallest absolute Gasteiger partial charge is 0.243 e. The van der Waals surface area contributed by atoms with E-state index in [2.05, 4.69) is 34.3 Å². The highest BCUT2D eigenvalue weighted by Gasteiger charge is 2.34. The van der Waals surface area contributed by atoms with Gasteiger partial charge in [-0.1, -0.05) is 0 Å². The van der Waals surface area contributed by atoms with Crippen LogP contribution in [0.25, 0.3) is 11.0 Å². The number of fused-ring (bicyclic) bond motifs is 1. The maximum Gasteiger partial charge on any atom is 0.243 e. The van der Waals surface area contributed by atoms with Gasteiger partial charge in [0.25, 0.3) is 0 Å². The minimum absolute atomic E-state index is 0.0919. The van der Waals surface area contributed by atoms with Crippen LogP contribution in [0, 0.1) is 5.92 Å². The molecule has 184 valence electrons. The van der Waals surface area contributed by atoms with Gasteiger partial charge in [0.15, 0.2) is 5.82 Å². The number of hydrogen-bond acceptors (Lipinski definition) is 11. The second kappa shape index (κ2) is 10.4. The normalized spacial score (nSPS) is 19.9. The molecule has 0 spiro atoms. The van der Waals surface area contributed by atoms with E-state index in [1.54, 1.807) is 25.2 Å². The van der Waals surface area contributed by atoms with Gasteiger partial charge in [0.2, 0.25) is 21.9 Å². The standard InChI is InChI=1S/C21H31N9O2S2/c1-4-23-20-25-19(26-21(27-20)24-5-2)18(22)13-6-8-14(9-7-13)30(3)34(31,32)15-10-11-16-17(12-15)29-33-28-16/h10-14,18H,4-9,22H2,1-3H3,(H2,23,24,25,26,27). The Bertz CT molecular complexity index is 1200. The predicted octanol–water partition coefficient (Wildman–Crippen LogP) is 2.62. The quantitative estimate of drug-likeness (QED) is 0.395. The number of nitrogens with one attached hydrogen (secondary N) is 2. The Labute approximate surface area is 204 Å². The van der Waals surface area contributed by atoms with Gasteiger partial charge in [0.05, 0.1) is 22.7 Å². The molecule has 0 radical (unpaired) electrons. The molecule has 11 nitrogen and oxygen atoms in total. The first-order valence-electron chi connectivity index (χ1n) is 11.5. The van der Waals surface area contributed by atoms with Crippen LogP contribution in [-0.2, 0) is 10.0 Å². The first-order valence-corrected chi connectivity index (χ1v) is 13.7. The lowest BCUT2D eigenvalue weighted by atomic mass is 9.81. The molecule has 0 bridgehead atoms. The van der Waals surface area contributed by atoms with Gasteiger partial charge < -0.3 is 16.4 Å². The van der Waals surface area contributed by atoms with Gasteiger partial charge in [-0.3, -0.25) is 0 Å². The van der Waals surface area contributed by atoms with E-state index in [0.29, 0.717) is 41.8 Å². The van der Waals surface area contributed by atoms with Crippen LogP contribution in [0.5, 0.6) is 0 Å². The average Bonchev–Trinajstić information content (AvgIpc) is 3.31. The van der Waals surface area contributed by atoms with Crippen molar-refractivity contribution in [2.24, 2.45) is 11.7 Å². The Morgan fingerprint density at radius 1 is 1.03 bits per heavy atom. The molecule has 1 saturated carbocycles. The fourth-order valence-corrected chi connectivity index (χ4v) is 6.29. The van der Waals surface area contributed by atoms with Crippen molar-refractivity contribution in [3.63, 3.8) is 0 Å². The van der Waals surface area contributed by atoms with E-state index >= 15 is 0 Å². The number of anilines is 2. The molecule has 2 heterocycles. The molecule has 0 saturated heterocycles. The highest BCUT2D eigenvalue weighted by atomic mass is 32.2. The predicted molar refractivity (Wildman–Crippen MR) is 133 cm³/mol. The Morgan fingerprint density at radius 2 is 1.65 bits per heavy atom. The summed E-state index contributed by atoms with van der Waals surface area (Å²) in [5.41, 5.74) is 7.89. The van der Waals surface area contributed by atoms with Crippen LogP contribution >= 0.6 is 11.7 Å². The van der Waals surface area contributed by atoms with Crippen molar-refractivity contribution in [1.29, 1.82) is 0 Å². The molecular formula is C21H31N9O2S2. The van der Waals surface area contributed by atoms with Crippen LogP contribution < -0.4 is 16.4 Å².